The molecule has 1 heterocycles. The van der Waals surface area contributed by atoms with E-state index in [1.807, 2.05) is 0 Å². The number of nitrogens with two attached hydrogens (primary N) is 1. The molecule has 2 bridgehead atoms. The Morgan fingerprint density at radius 2 is 2.21 bits per heavy atom. The normalized spacial score (nSPS) is 34.1. The number of likely N-dealkylation sites (tertiary alicyclic amines) is 1. The predicted molar refractivity (Wildman–Crippen MR) is 81.3 cm³/mol. The summed E-state index contributed by atoms with van der Waals surface area (Å²) >= 11 is 0. The van der Waals surface area contributed by atoms with Gasteiger partial charge in [0.25, 0.3) is 0 Å². The van der Waals surface area contributed by atoms with Crippen molar-refractivity contribution in [2.75, 3.05) is 18.8 Å². The summed E-state index contributed by atoms with van der Waals surface area (Å²) in [4.78, 5) is 2.71. The van der Waals surface area contributed by atoms with Gasteiger partial charge in [0.05, 0.1) is 0 Å². The Morgan fingerprint density at radius 3 is 2.95 bits per heavy atom. The SMILES string of the molecule is CCCN1CC[C@@]2(C)c3cc(N)ccc3C[C@@H]1[C@H]2C. The standard InChI is InChI=1S/C17H26N2/c1-4-8-19-9-7-17(3)12(2)16(19)10-13-5-6-14(18)11-15(13)17/h5-6,11-12,16H,4,7-10,18H2,1-3H3/t12-,16-,17-/m1/s1. The highest BCUT2D eigenvalue weighted by molar-refractivity contribution is 5.50. The number of fused-ring (bicyclic) bond motifs is 4. The second-order valence-corrected chi connectivity index (χ2v) is 6.68. The van der Waals surface area contributed by atoms with Crippen LogP contribution in [0.5, 0.6) is 0 Å². The van der Waals surface area contributed by atoms with Crippen molar-refractivity contribution in [3.8, 4) is 0 Å². The second kappa shape index (κ2) is 4.52. The van der Waals surface area contributed by atoms with Gasteiger partial charge in [0.2, 0.25) is 0 Å². The molecule has 1 aliphatic carbocycles. The van der Waals surface area contributed by atoms with Crippen LogP contribution in [-0.4, -0.2) is 24.0 Å². The van der Waals surface area contributed by atoms with Crippen LogP contribution < -0.4 is 5.73 Å². The van der Waals surface area contributed by atoms with E-state index in [0.717, 1.165) is 17.6 Å². The first-order chi connectivity index (χ1) is 9.06. The number of hydrogen-bond donors (Lipinski definition) is 1. The van der Waals surface area contributed by atoms with Crippen molar-refractivity contribution < 1.29 is 0 Å². The number of benzene rings is 1. The van der Waals surface area contributed by atoms with Crippen molar-refractivity contribution >= 4 is 5.69 Å². The molecule has 3 rings (SSSR count). The molecule has 0 spiro atoms. The second-order valence-electron chi connectivity index (χ2n) is 6.68. The third-order valence-electron chi connectivity index (χ3n) is 5.66. The summed E-state index contributed by atoms with van der Waals surface area (Å²) < 4.78 is 0. The molecular formula is C17H26N2. The van der Waals surface area contributed by atoms with E-state index in [1.165, 1.54) is 43.5 Å². The molecule has 0 unspecified atom stereocenters. The van der Waals surface area contributed by atoms with E-state index >= 15 is 0 Å². The van der Waals surface area contributed by atoms with Gasteiger partial charge in [-0.25, -0.2) is 0 Å². The van der Waals surface area contributed by atoms with Crippen LogP contribution in [0.4, 0.5) is 5.69 Å². The first-order valence-corrected chi connectivity index (χ1v) is 7.69. The maximum atomic E-state index is 6.02. The van der Waals surface area contributed by atoms with Crippen LogP contribution in [0.25, 0.3) is 0 Å². The first kappa shape index (κ1) is 13.0. The van der Waals surface area contributed by atoms with E-state index in [9.17, 15) is 0 Å². The molecule has 1 fully saturated rings. The molecule has 104 valence electrons. The molecule has 0 saturated carbocycles. The fraction of sp³-hybridized carbons (Fsp3) is 0.647. The maximum Gasteiger partial charge on any atom is 0.0317 e. The fourth-order valence-corrected chi connectivity index (χ4v) is 4.29. The topological polar surface area (TPSA) is 29.3 Å². The van der Waals surface area contributed by atoms with Gasteiger partial charge in [-0.2, -0.15) is 0 Å². The van der Waals surface area contributed by atoms with Crippen molar-refractivity contribution in [3.63, 3.8) is 0 Å². The Balaban J connectivity index is 2.03. The number of anilines is 1. The quantitative estimate of drug-likeness (QED) is 0.825. The van der Waals surface area contributed by atoms with Crippen LogP contribution in [0.1, 0.15) is 44.7 Å². The number of rotatable bonds is 2. The van der Waals surface area contributed by atoms with Crippen LogP contribution in [0.3, 0.4) is 0 Å². The highest BCUT2D eigenvalue weighted by atomic mass is 15.2. The van der Waals surface area contributed by atoms with Gasteiger partial charge >= 0.3 is 0 Å². The zero-order valence-corrected chi connectivity index (χ0v) is 12.4. The third-order valence-corrected chi connectivity index (χ3v) is 5.66. The highest BCUT2D eigenvalue weighted by Gasteiger charge is 2.47. The average Bonchev–Trinajstić information content (AvgIpc) is 2.38. The molecular weight excluding hydrogens is 232 g/mol. The van der Waals surface area contributed by atoms with E-state index in [1.54, 1.807) is 0 Å². The Bertz CT molecular complexity index is 482. The molecule has 2 aliphatic rings. The Labute approximate surface area is 117 Å². The number of nitrogens with zero attached hydrogens (tertiary/aromatic N) is 1. The molecule has 2 heteroatoms. The molecule has 19 heavy (non-hydrogen) atoms. The minimum atomic E-state index is 0.317. The average molecular weight is 258 g/mol. The Morgan fingerprint density at radius 1 is 1.42 bits per heavy atom. The van der Waals surface area contributed by atoms with Crippen molar-refractivity contribution in [2.24, 2.45) is 5.92 Å². The van der Waals surface area contributed by atoms with Crippen LogP contribution in [-0.2, 0) is 11.8 Å². The highest BCUT2D eigenvalue weighted by Crippen LogP contribution is 2.48. The van der Waals surface area contributed by atoms with Gasteiger partial charge in [0.15, 0.2) is 0 Å². The lowest BCUT2D eigenvalue weighted by molar-refractivity contribution is 0.0317. The molecule has 0 aromatic heterocycles. The van der Waals surface area contributed by atoms with Crippen LogP contribution in [0.2, 0.25) is 0 Å². The summed E-state index contributed by atoms with van der Waals surface area (Å²) in [5.74, 6) is 0.724. The van der Waals surface area contributed by atoms with Crippen molar-refractivity contribution in [1.82, 2.24) is 4.90 Å². The Hall–Kier alpha value is -1.02. The summed E-state index contributed by atoms with van der Waals surface area (Å²) in [6.07, 6.45) is 3.72. The first-order valence-electron chi connectivity index (χ1n) is 7.69. The molecule has 2 nitrogen and oxygen atoms in total. The summed E-state index contributed by atoms with van der Waals surface area (Å²) in [7, 11) is 0. The van der Waals surface area contributed by atoms with Crippen LogP contribution >= 0.6 is 0 Å². The van der Waals surface area contributed by atoms with Crippen LogP contribution in [0, 0.1) is 5.92 Å². The smallest absolute Gasteiger partial charge is 0.0317 e. The number of piperidine rings is 1. The largest absolute Gasteiger partial charge is 0.399 e. The predicted octanol–water partition coefficient (Wildman–Crippen LogP) is 3.20. The zero-order valence-electron chi connectivity index (χ0n) is 12.4. The molecule has 1 aliphatic heterocycles. The van der Waals surface area contributed by atoms with Gasteiger partial charge in [-0.05, 0) is 66.9 Å². The fourth-order valence-electron chi connectivity index (χ4n) is 4.29. The summed E-state index contributed by atoms with van der Waals surface area (Å²) in [6.45, 7) is 9.67. The molecule has 0 radical (unpaired) electrons. The van der Waals surface area contributed by atoms with Gasteiger partial charge in [-0.1, -0.05) is 26.8 Å². The minimum absolute atomic E-state index is 0.317. The number of nitrogen functional groups attached to an aromatic ring is 1. The van der Waals surface area contributed by atoms with Crippen molar-refractivity contribution in [3.05, 3.63) is 29.3 Å². The number of hydrogen-bond acceptors (Lipinski definition) is 2. The Kier molecular flexibility index (Phi) is 3.09. The van der Waals surface area contributed by atoms with Gasteiger partial charge < -0.3 is 5.73 Å². The monoisotopic (exact) mass is 258 g/mol. The van der Waals surface area contributed by atoms with Crippen molar-refractivity contribution in [2.45, 2.75) is 51.5 Å². The summed E-state index contributed by atoms with van der Waals surface area (Å²) in [5, 5.41) is 0. The van der Waals surface area contributed by atoms with E-state index in [2.05, 4.69) is 43.9 Å². The molecule has 1 saturated heterocycles. The van der Waals surface area contributed by atoms with E-state index in [4.69, 9.17) is 5.73 Å². The molecule has 2 N–H and O–H groups in total. The van der Waals surface area contributed by atoms with Gasteiger partial charge in [0.1, 0.15) is 0 Å². The lowest BCUT2D eigenvalue weighted by Gasteiger charge is -2.54. The lowest BCUT2D eigenvalue weighted by atomic mass is 9.59. The van der Waals surface area contributed by atoms with Crippen molar-refractivity contribution in [1.29, 1.82) is 0 Å². The van der Waals surface area contributed by atoms with Gasteiger partial charge in [0, 0.05) is 11.7 Å². The summed E-state index contributed by atoms with van der Waals surface area (Å²) in [6, 6.07) is 7.28. The molecule has 1 aromatic carbocycles. The third kappa shape index (κ3) is 1.88. The van der Waals surface area contributed by atoms with Gasteiger partial charge in [-0.3, -0.25) is 4.90 Å². The molecule has 0 amide bonds. The minimum Gasteiger partial charge on any atom is -0.399 e. The van der Waals surface area contributed by atoms with E-state index in [-0.39, 0.29) is 0 Å². The molecule has 3 atom stereocenters. The van der Waals surface area contributed by atoms with Crippen LogP contribution in [0.15, 0.2) is 18.2 Å². The zero-order chi connectivity index (χ0) is 13.6. The maximum absolute atomic E-state index is 6.02. The van der Waals surface area contributed by atoms with E-state index < -0.39 is 0 Å². The van der Waals surface area contributed by atoms with Gasteiger partial charge in [-0.15, -0.1) is 0 Å². The molecule has 1 aromatic rings. The van der Waals surface area contributed by atoms with E-state index in [0.29, 0.717) is 5.41 Å². The lowest BCUT2D eigenvalue weighted by Crippen LogP contribution is -2.58. The summed E-state index contributed by atoms with van der Waals surface area (Å²) in [5.41, 5.74) is 10.3.